The van der Waals surface area contributed by atoms with Gasteiger partial charge >= 0.3 is 0 Å². The summed E-state index contributed by atoms with van der Waals surface area (Å²) in [7, 11) is -3.56. The van der Waals surface area contributed by atoms with Crippen LogP contribution in [0.25, 0.3) is 0 Å². The van der Waals surface area contributed by atoms with Crippen molar-refractivity contribution in [2.75, 3.05) is 18.4 Å². The van der Waals surface area contributed by atoms with Crippen LogP contribution >= 0.6 is 0 Å². The molecule has 0 radical (unpaired) electrons. The van der Waals surface area contributed by atoms with Gasteiger partial charge in [-0.15, -0.1) is 0 Å². The molecular formula is C27H34N4O3S. The highest BCUT2D eigenvalue weighted by atomic mass is 32.2. The van der Waals surface area contributed by atoms with Crippen LogP contribution < -0.4 is 5.32 Å². The lowest BCUT2D eigenvalue weighted by atomic mass is 10.0. The average molecular weight is 495 g/mol. The monoisotopic (exact) mass is 494 g/mol. The summed E-state index contributed by atoms with van der Waals surface area (Å²) in [6, 6.07) is 15.2. The minimum absolute atomic E-state index is 0.161. The van der Waals surface area contributed by atoms with Gasteiger partial charge in [-0.25, -0.2) is 8.42 Å². The number of carbonyl (C=O) groups excluding carboxylic acids is 1. The van der Waals surface area contributed by atoms with Crippen molar-refractivity contribution in [3.05, 3.63) is 76.6 Å². The summed E-state index contributed by atoms with van der Waals surface area (Å²) in [5, 5.41) is 7.55. The molecule has 3 aromatic rings. The first kappa shape index (κ1) is 25.1. The van der Waals surface area contributed by atoms with E-state index in [1.54, 1.807) is 28.0 Å². The van der Waals surface area contributed by atoms with Gasteiger partial charge < -0.3 is 5.32 Å². The van der Waals surface area contributed by atoms with Crippen molar-refractivity contribution >= 4 is 21.6 Å². The van der Waals surface area contributed by atoms with Crippen molar-refractivity contribution in [3.8, 4) is 0 Å². The van der Waals surface area contributed by atoms with E-state index in [2.05, 4.69) is 24.3 Å². The third kappa shape index (κ3) is 5.33. The number of para-hydroxylation sites is 1. The lowest BCUT2D eigenvalue weighted by Crippen LogP contribution is -2.36. The van der Waals surface area contributed by atoms with Crippen molar-refractivity contribution in [2.24, 2.45) is 0 Å². The molecule has 2 aromatic carbocycles. The van der Waals surface area contributed by atoms with E-state index < -0.39 is 10.0 Å². The molecule has 0 bridgehead atoms. The molecule has 1 N–H and O–H groups in total. The van der Waals surface area contributed by atoms with Gasteiger partial charge in [-0.1, -0.05) is 50.6 Å². The summed E-state index contributed by atoms with van der Waals surface area (Å²) < 4.78 is 29.8. The zero-order chi connectivity index (χ0) is 25.2. The topological polar surface area (TPSA) is 84.3 Å². The number of piperidine rings is 1. The Morgan fingerprint density at radius 2 is 1.66 bits per heavy atom. The van der Waals surface area contributed by atoms with E-state index in [0.29, 0.717) is 47.4 Å². The lowest BCUT2D eigenvalue weighted by molar-refractivity contribution is 0.102. The predicted molar refractivity (Wildman–Crippen MR) is 138 cm³/mol. The van der Waals surface area contributed by atoms with Crippen molar-refractivity contribution in [2.45, 2.75) is 64.3 Å². The second kappa shape index (κ2) is 10.3. The quantitative estimate of drug-likeness (QED) is 0.495. The van der Waals surface area contributed by atoms with E-state index in [9.17, 15) is 13.2 Å². The maximum absolute atomic E-state index is 13.3. The zero-order valence-corrected chi connectivity index (χ0v) is 21.7. The Balaban J connectivity index is 1.50. The smallest absolute Gasteiger partial charge is 0.255 e. The maximum atomic E-state index is 13.3. The van der Waals surface area contributed by atoms with Crippen LogP contribution in [0.5, 0.6) is 0 Å². The Kier molecular flexibility index (Phi) is 7.42. The molecule has 1 aliphatic heterocycles. The molecule has 8 heteroatoms. The molecule has 0 aliphatic carbocycles. The predicted octanol–water partition coefficient (Wildman–Crippen LogP) is 5.10. The fraction of sp³-hybridized carbons (Fsp3) is 0.407. The molecule has 35 heavy (non-hydrogen) atoms. The third-order valence-corrected chi connectivity index (χ3v) is 8.76. The number of aryl methyl sites for hydroxylation is 1. The number of carbonyl (C=O) groups is 1. The van der Waals surface area contributed by atoms with Gasteiger partial charge in [0.25, 0.3) is 5.91 Å². The standard InChI is InChI=1S/C27H34N4O3S/c1-19(2)24-10-6-7-11-25(24)28-27(32)23-14-12-22(13-15-23)18-31-21(4)26(20(3)29-31)35(33,34)30-16-8-5-9-17-30/h6-7,10-15,19H,5,8-9,16-18H2,1-4H3,(H,28,32). The third-order valence-electron chi connectivity index (χ3n) is 6.61. The first-order valence-corrected chi connectivity index (χ1v) is 13.7. The molecular weight excluding hydrogens is 460 g/mol. The van der Waals surface area contributed by atoms with Crippen molar-refractivity contribution in [1.29, 1.82) is 0 Å². The molecule has 1 aliphatic rings. The van der Waals surface area contributed by atoms with E-state index in [-0.39, 0.29) is 5.91 Å². The second-order valence-electron chi connectivity index (χ2n) is 9.52. The second-order valence-corrected chi connectivity index (χ2v) is 11.4. The SMILES string of the molecule is Cc1nn(Cc2ccc(C(=O)Nc3ccccc3C(C)C)cc2)c(C)c1S(=O)(=O)N1CCCCC1. The highest BCUT2D eigenvalue weighted by Gasteiger charge is 2.31. The fourth-order valence-electron chi connectivity index (χ4n) is 4.69. The number of benzene rings is 2. The minimum atomic E-state index is -3.56. The molecule has 4 rings (SSSR count). The van der Waals surface area contributed by atoms with Crippen LogP contribution in [0.2, 0.25) is 0 Å². The number of nitrogens with zero attached hydrogens (tertiary/aromatic N) is 3. The Labute approximate surface area is 208 Å². The number of hydrogen-bond donors (Lipinski definition) is 1. The van der Waals surface area contributed by atoms with Gasteiger partial charge in [-0.2, -0.15) is 9.40 Å². The van der Waals surface area contributed by atoms with Crippen molar-refractivity contribution in [3.63, 3.8) is 0 Å². The number of rotatable bonds is 7. The molecule has 0 unspecified atom stereocenters. The van der Waals surface area contributed by atoms with Crippen LogP contribution in [0, 0.1) is 13.8 Å². The van der Waals surface area contributed by atoms with E-state index in [1.165, 1.54) is 0 Å². The molecule has 1 fully saturated rings. The Morgan fingerprint density at radius 1 is 1.00 bits per heavy atom. The van der Waals surface area contributed by atoms with Crippen LogP contribution in [0.4, 0.5) is 5.69 Å². The normalized spacial score (nSPS) is 14.9. The van der Waals surface area contributed by atoms with Gasteiger partial charge in [0.05, 0.1) is 17.9 Å². The highest BCUT2D eigenvalue weighted by Crippen LogP contribution is 2.27. The number of amides is 1. The molecule has 0 saturated carbocycles. The summed E-state index contributed by atoms with van der Waals surface area (Å²) in [4.78, 5) is 13.1. The highest BCUT2D eigenvalue weighted by molar-refractivity contribution is 7.89. The molecule has 186 valence electrons. The fourth-order valence-corrected chi connectivity index (χ4v) is 6.58. The van der Waals surface area contributed by atoms with E-state index in [0.717, 1.165) is 36.1 Å². The number of nitrogens with one attached hydrogen (secondary N) is 1. The van der Waals surface area contributed by atoms with Gasteiger partial charge in [-0.05, 0) is 61.9 Å². The van der Waals surface area contributed by atoms with Gasteiger partial charge in [0.15, 0.2) is 0 Å². The Bertz CT molecular complexity index is 1300. The number of anilines is 1. The molecule has 1 amide bonds. The first-order valence-electron chi connectivity index (χ1n) is 12.2. The maximum Gasteiger partial charge on any atom is 0.255 e. The van der Waals surface area contributed by atoms with Crippen molar-refractivity contribution < 1.29 is 13.2 Å². The van der Waals surface area contributed by atoms with Crippen LogP contribution in [-0.2, 0) is 16.6 Å². The van der Waals surface area contributed by atoms with E-state index in [1.807, 2.05) is 43.3 Å². The molecule has 0 spiro atoms. The summed E-state index contributed by atoms with van der Waals surface area (Å²) in [6.45, 7) is 9.33. The molecule has 1 aromatic heterocycles. The average Bonchev–Trinajstić information content (AvgIpc) is 3.13. The number of aromatic nitrogens is 2. The summed E-state index contributed by atoms with van der Waals surface area (Å²) >= 11 is 0. The van der Waals surface area contributed by atoms with Crippen LogP contribution in [0.1, 0.15) is 71.9 Å². The first-order chi connectivity index (χ1) is 16.7. The summed E-state index contributed by atoms with van der Waals surface area (Å²) in [6.07, 6.45) is 2.87. The minimum Gasteiger partial charge on any atom is -0.322 e. The van der Waals surface area contributed by atoms with Gasteiger partial charge in [0, 0.05) is 24.3 Å². The van der Waals surface area contributed by atoms with Gasteiger partial charge in [0.2, 0.25) is 10.0 Å². The van der Waals surface area contributed by atoms with Gasteiger partial charge in [0.1, 0.15) is 4.90 Å². The molecule has 2 heterocycles. The largest absolute Gasteiger partial charge is 0.322 e. The molecule has 7 nitrogen and oxygen atoms in total. The number of hydrogen-bond acceptors (Lipinski definition) is 4. The van der Waals surface area contributed by atoms with Crippen LogP contribution in [-0.4, -0.2) is 41.5 Å². The van der Waals surface area contributed by atoms with Crippen LogP contribution in [0.15, 0.2) is 53.4 Å². The molecule has 0 atom stereocenters. The van der Waals surface area contributed by atoms with Gasteiger partial charge in [-0.3, -0.25) is 9.48 Å². The number of sulfonamides is 1. The van der Waals surface area contributed by atoms with Crippen molar-refractivity contribution in [1.82, 2.24) is 14.1 Å². The Hall–Kier alpha value is -2.97. The van der Waals surface area contributed by atoms with Crippen LogP contribution in [0.3, 0.4) is 0 Å². The summed E-state index contributed by atoms with van der Waals surface area (Å²) in [5.41, 5.74) is 4.58. The van der Waals surface area contributed by atoms with E-state index >= 15 is 0 Å². The zero-order valence-electron chi connectivity index (χ0n) is 20.9. The Morgan fingerprint density at radius 3 is 2.31 bits per heavy atom. The van der Waals surface area contributed by atoms with E-state index in [4.69, 9.17) is 0 Å². The lowest BCUT2D eigenvalue weighted by Gasteiger charge is -2.26. The summed E-state index contributed by atoms with van der Waals surface area (Å²) in [5.74, 6) is 0.143. The molecule has 1 saturated heterocycles.